The Hall–Kier alpha value is -2.59. The van der Waals surface area contributed by atoms with Gasteiger partial charge in [0.05, 0.1) is 23.2 Å². The van der Waals surface area contributed by atoms with Crippen molar-refractivity contribution in [1.29, 1.82) is 0 Å². The molecule has 1 amide bonds. The smallest absolute Gasteiger partial charge is 0.226 e. The van der Waals surface area contributed by atoms with Crippen LogP contribution in [0.5, 0.6) is 0 Å². The number of rotatable bonds is 5. The normalized spacial score (nSPS) is 12.0. The Labute approximate surface area is 151 Å². The molecule has 5 heteroatoms. The molecule has 0 saturated heterocycles. The van der Waals surface area contributed by atoms with Crippen molar-refractivity contribution in [2.24, 2.45) is 0 Å². The molecule has 3 rings (SSSR count). The molecule has 0 radical (unpaired) electrons. The van der Waals surface area contributed by atoms with Crippen LogP contribution in [0.1, 0.15) is 23.6 Å². The molecule has 0 aliphatic carbocycles. The van der Waals surface area contributed by atoms with E-state index in [0.29, 0.717) is 5.69 Å². The third-order valence-electron chi connectivity index (χ3n) is 4.00. The second kappa shape index (κ2) is 7.53. The first-order chi connectivity index (χ1) is 12.0. The fourth-order valence-electron chi connectivity index (χ4n) is 2.80. The monoisotopic (exact) mass is 356 g/mol. The number of hydrogen-bond acceptors (Lipinski definition) is 1. The van der Waals surface area contributed by atoms with Crippen LogP contribution in [0.2, 0.25) is 5.02 Å². The topological polar surface area (TPSA) is 34.0 Å². The van der Waals surface area contributed by atoms with E-state index in [-0.39, 0.29) is 23.4 Å². The molecule has 3 nitrogen and oxygen atoms in total. The van der Waals surface area contributed by atoms with Crippen molar-refractivity contribution in [3.8, 4) is 0 Å². The number of halogens is 2. The molecule has 128 valence electrons. The molecule has 0 aliphatic heterocycles. The fourth-order valence-corrected chi connectivity index (χ4v) is 3.01. The van der Waals surface area contributed by atoms with Gasteiger partial charge in [-0.05, 0) is 42.8 Å². The average Bonchev–Trinajstić information content (AvgIpc) is 3.09. The molecule has 0 saturated carbocycles. The molecule has 1 heterocycles. The highest BCUT2D eigenvalue weighted by Crippen LogP contribution is 2.26. The van der Waals surface area contributed by atoms with E-state index in [0.717, 1.165) is 11.1 Å². The quantitative estimate of drug-likeness (QED) is 0.669. The van der Waals surface area contributed by atoms with Gasteiger partial charge in [0.1, 0.15) is 5.82 Å². The van der Waals surface area contributed by atoms with Gasteiger partial charge in [-0.2, -0.15) is 0 Å². The highest BCUT2D eigenvalue weighted by molar-refractivity contribution is 6.33. The van der Waals surface area contributed by atoms with E-state index in [1.807, 2.05) is 54.2 Å². The lowest BCUT2D eigenvalue weighted by atomic mass is 10.0. The zero-order chi connectivity index (χ0) is 17.8. The number of benzene rings is 2. The Morgan fingerprint density at radius 3 is 2.60 bits per heavy atom. The van der Waals surface area contributed by atoms with E-state index in [1.54, 1.807) is 0 Å². The van der Waals surface area contributed by atoms with Gasteiger partial charge < -0.3 is 9.88 Å². The molecule has 1 unspecified atom stereocenters. The summed E-state index contributed by atoms with van der Waals surface area (Å²) in [4.78, 5) is 12.5. The second-order valence-electron chi connectivity index (χ2n) is 5.94. The zero-order valence-corrected chi connectivity index (χ0v) is 14.5. The summed E-state index contributed by atoms with van der Waals surface area (Å²) in [5.41, 5.74) is 2.59. The number of aromatic nitrogens is 1. The number of nitrogens with zero attached hydrogens (tertiary/aromatic N) is 1. The number of aryl methyl sites for hydroxylation is 1. The standard InChI is InChI=1S/C20H18ClFN2O/c1-14-5-4-6-15(11-14)19(24-9-2-3-10-24)13-20(25)23-18-8-7-16(22)12-17(18)21/h2-12,19H,13H2,1H3,(H,23,25). The molecule has 2 aromatic carbocycles. The van der Waals surface area contributed by atoms with E-state index in [1.165, 1.54) is 18.2 Å². The molecule has 25 heavy (non-hydrogen) atoms. The predicted octanol–water partition coefficient (Wildman–Crippen LogP) is 5.21. The van der Waals surface area contributed by atoms with Crippen LogP contribution in [-0.2, 0) is 4.79 Å². The Kier molecular flexibility index (Phi) is 5.19. The van der Waals surface area contributed by atoms with Crippen molar-refractivity contribution < 1.29 is 9.18 Å². The third-order valence-corrected chi connectivity index (χ3v) is 4.31. The first-order valence-corrected chi connectivity index (χ1v) is 8.34. The maximum absolute atomic E-state index is 13.1. The Morgan fingerprint density at radius 2 is 1.92 bits per heavy atom. The highest BCUT2D eigenvalue weighted by Gasteiger charge is 2.18. The number of nitrogens with one attached hydrogen (secondary N) is 1. The second-order valence-corrected chi connectivity index (χ2v) is 6.34. The summed E-state index contributed by atoms with van der Waals surface area (Å²) in [7, 11) is 0. The molecule has 3 aromatic rings. The maximum Gasteiger partial charge on any atom is 0.226 e. The number of hydrogen-bond donors (Lipinski definition) is 1. The van der Waals surface area contributed by atoms with E-state index < -0.39 is 5.82 Å². The SMILES string of the molecule is Cc1cccc(C(CC(=O)Nc2ccc(F)cc2Cl)n2cccc2)c1. The van der Waals surface area contributed by atoms with E-state index in [9.17, 15) is 9.18 Å². The minimum absolute atomic E-state index is 0.130. The number of amides is 1. The molecule has 0 spiro atoms. The lowest BCUT2D eigenvalue weighted by molar-refractivity contribution is -0.116. The third kappa shape index (κ3) is 4.28. The molecule has 1 atom stereocenters. The molecule has 0 aliphatic rings. The van der Waals surface area contributed by atoms with Crippen LogP contribution in [-0.4, -0.2) is 10.5 Å². The molecule has 0 fully saturated rings. The summed E-state index contributed by atoms with van der Waals surface area (Å²) in [6.45, 7) is 2.02. The number of carbonyl (C=O) groups is 1. The average molecular weight is 357 g/mol. The van der Waals surface area contributed by atoms with Crippen LogP contribution in [0.15, 0.2) is 67.0 Å². The van der Waals surface area contributed by atoms with Crippen LogP contribution in [0.4, 0.5) is 10.1 Å². The highest BCUT2D eigenvalue weighted by atomic mass is 35.5. The van der Waals surface area contributed by atoms with Crippen molar-refractivity contribution >= 4 is 23.2 Å². The van der Waals surface area contributed by atoms with Gasteiger partial charge in [0.15, 0.2) is 0 Å². The molecular weight excluding hydrogens is 339 g/mol. The van der Waals surface area contributed by atoms with Gasteiger partial charge in [-0.15, -0.1) is 0 Å². The van der Waals surface area contributed by atoms with Gasteiger partial charge in [-0.3, -0.25) is 4.79 Å². The van der Waals surface area contributed by atoms with Gasteiger partial charge in [0, 0.05) is 12.4 Å². The predicted molar refractivity (Wildman–Crippen MR) is 98.4 cm³/mol. The molecule has 0 bridgehead atoms. The van der Waals surface area contributed by atoms with Crippen LogP contribution in [0.3, 0.4) is 0 Å². The summed E-state index contributed by atoms with van der Waals surface area (Å²) < 4.78 is 15.1. The molecule has 1 aromatic heterocycles. The van der Waals surface area contributed by atoms with Crippen LogP contribution >= 0.6 is 11.6 Å². The van der Waals surface area contributed by atoms with Crippen LogP contribution in [0, 0.1) is 12.7 Å². The van der Waals surface area contributed by atoms with Gasteiger partial charge in [0.2, 0.25) is 5.91 Å². The Morgan fingerprint density at radius 1 is 1.16 bits per heavy atom. The van der Waals surface area contributed by atoms with Crippen LogP contribution in [0.25, 0.3) is 0 Å². The summed E-state index contributed by atoms with van der Waals surface area (Å²) in [6, 6.07) is 15.7. The molecule has 1 N–H and O–H groups in total. The van der Waals surface area contributed by atoms with Crippen LogP contribution < -0.4 is 5.32 Å². The lowest BCUT2D eigenvalue weighted by Gasteiger charge is -2.20. The first kappa shape index (κ1) is 17.2. The van der Waals surface area contributed by atoms with E-state index in [4.69, 9.17) is 11.6 Å². The van der Waals surface area contributed by atoms with Crippen molar-refractivity contribution in [3.63, 3.8) is 0 Å². The van der Waals surface area contributed by atoms with E-state index in [2.05, 4.69) is 11.4 Å². The number of anilines is 1. The van der Waals surface area contributed by atoms with Crippen molar-refractivity contribution in [1.82, 2.24) is 4.57 Å². The maximum atomic E-state index is 13.1. The van der Waals surface area contributed by atoms with Crippen molar-refractivity contribution in [3.05, 3.63) is 89.0 Å². The summed E-state index contributed by atoms with van der Waals surface area (Å²) in [6.07, 6.45) is 4.11. The van der Waals surface area contributed by atoms with E-state index >= 15 is 0 Å². The van der Waals surface area contributed by atoms with Gasteiger partial charge in [-0.25, -0.2) is 4.39 Å². The van der Waals surface area contributed by atoms with Gasteiger partial charge >= 0.3 is 0 Å². The summed E-state index contributed by atoms with van der Waals surface area (Å²) in [5.74, 6) is -0.623. The first-order valence-electron chi connectivity index (χ1n) is 7.97. The van der Waals surface area contributed by atoms with Crippen molar-refractivity contribution in [2.75, 3.05) is 5.32 Å². The number of carbonyl (C=O) groups excluding carboxylic acids is 1. The van der Waals surface area contributed by atoms with Gasteiger partial charge in [0.25, 0.3) is 0 Å². The largest absolute Gasteiger partial charge is 0.346 e. The van der Waals surface area contributed by atoms with Crippen molar-refractivity contribution in [2.45, 2.75) is 19.4 Å². The summed E-state index contributed by atoms with van der Waals surface area (Å²) in [5, 5.41) is 2.95. The Balaban J connectivity index is 1.82. The summed E-state index contributed by atoms with van der Waals surface area (Å²) >= 11 is 5.99. The Bertz CT molecular complexity index is 877. The fraction of sp³-hybridized carbons (Fsp3) is 0.150. The minimum atomic E-state index is -0.437. The zero-order valence-electron chi connectivity index (χ0n) is 13.7. The minimum Gasteiger partial charge on any atom is -0.346 e. The lowest BCUT2D eigenvalue weighted by Crippen LogP contribution is -2.20. The molecular formula is C20H18ClFN2O. The van der Waals surface area contributed by atoms with Gasteiger partial charge in [-0.1, -0.05) is 41.4 Å².